The molecule has 0 amide bonds. The van der Waals surface area contributed by atoms with Gasteiger partial charge in [-0.1, -0.05) is 19.8 Å². The average molecular weight is 245 g/mol. The van der Waals surface area contributed by atoms with Gasteiger partial charge in [0.1, 0.15) is 5.54 Å². The van der Waals surface area contributed by atoms with E-state index in [9.17, 15) is 9.90 Å². The second-order valence-electron chi connectivity index (χ2n) is 4.62. The van der Waals surface area contributed by atoms with Crippen molar-refractivity contribution in [3.05, 3.63) is 0 Å². The summed E-state index contributed by atoms with van der Waals surface area (Å²) in [4.78, 5) is 13.6. The van der Waals surface area contributed by atoms with E-state index in [1.165, 1.54) is 12.8 Å². The highest BCUT2D eigenvalue weighted by Crippen LogP contribution is 2.31. The van der Waals surface area contributed by atoms with Gasteiger partial charge in [0.05, 0.1) is 0 Å². The van der Waals surface area contributed by atoms with Crippen molar-refractivity contribution in [3.8, 4) is 0 Å². The van der Waals surface area contributed by atoms with Crippen LogP contribution in [0.1, 0.15) is 39.0 Å². The van der Waals surface area contributed by atoms with Crippen LogP contribution in [0.3, 0.4) is 0 Å². The minimum Gasteiger partial charge on any atom is -0.480 e. The number of carboxylic acids is 1. The van der Waals surface area contributed by atoms with E-state index < -0.39 is 11.5 Å². The Balaban J connectivity index is 2.57. The van der Waals surface area contributed by atoms with Crippen LogP contribution < -0.4 is 0 Å². The molecule has 1 heterocycles. The summed E-state index contributed by atoms with van der Waals surface area (Å²) in [5.41, 5.74) is -0.601. The number of thioether (sulfide) groups is 1. The van der Waals surface area contributed by atoms with Crippen LogP contribution in [0, 0.1) is 0 Å². The molecule has 0 bridgehead atoms. The van der Waals surface area contributed by atoms with E-state index in [2.05, 4.69) is 11.8 Å². The lowest BCUT2D eigenvalue weighted by atomic mass is 9.93. The van der Waals surface area contributed by atoms with Crippen LogP contribution in [0.15, 0.2) is 0 Å². The molecule has 0 aromatic heterocycles. The second-order valence-corrected chi connectivity index (χ2v) is 5.73. The lowest BCUT2D eigenvalue weighted by molar-refractivity contribution is -0.150. The normalized spacial score (nSPS) is 25.9. The number of rotatable bonds is 6. The molecule has 1 unspecified atom stereocenters. The monoisotopic (exact) mass is 245 g/mol. The third kappa shape index (κ3) is 3.14. The molecule has 1 saturated heterocycles. The van der Waals surface area contributed by atoms with Crippen LogP contribution in [0.5, 0.6) is 0 Å². The molecule has 0 aliphatic carbocycles. The quantitative estimate of drug-likeness (QED) is 0.730. The third-order valence-electron chi connectivity index (χ3n) is 3.45. The molecule has 1 aliphatic rings. The molecule has 0 aromatic rings. The van der Waals surface area contributed by atoms with Crippen LogP contribution in [0.4, 0.5) is 0 Å². The Morgan fingerprint density at radius 3 is 2.75 bits per heavy atom. The summed E-state index contributed by atoms with van der Waals surface area (Å²) in [5.74, 6) is 1.21. The van der Waals surface area contributed by atoms with Crippen molar-refractivity contribution in [3.63, 3.8) is 0 Å². The van der Waals surface area contributed by atoms with Crippen LogP contribution in [0.25, 0.3) is 0 Å². The predicted molar refractivity (Wildman–Crippen MR) is 69.1 cm³/mol. The maximum absolute atomic E-state index is 11.5. The molecule has 0 spiro atoms. The molecule has 4 heteroatoms. The Morgan fingerprint density at radius 2 is 2.25 bits per heavy atom. The first-order chi connectivity index (χ1) is 7.63. The predicted octanol–water partition coefficient (Wildman–Crippen LogP) is 2.46. The Labute approximate surface area is 103 Å². The fourth-order valence-electron chi connectivity index (χ4n) is 2.23. The summed E-state index contributed by atoms with van der Waals surface area (Å²) in [6.45, 7) is 3.07. The molecule has 94 valence electrons. The van der Waals surface area contributed by atoms with Crippen molar-refractivity contribution in [2.24, 2.45) is 0 Å². The zero-order valence-electron chi connectivity index (χ0n) is 10.4. The topological polar surface area (TPSA) is 40.5 Å². The first kappa shape index (κ1) is 13.8. The summed E-state index contributed by atoms with van der Waals surface area (Å²) in [6, 6.07) is 0. The first-order valence-corrected chi connectivity index (χ1v) is 7.31. The molecule has 0 saturated carbocycles. The standard InChI is InChI=1S/C12H23NO2S/c1-3-4-5-8-13(2)12(11(14)15)7-6-9-16-10-12/h3-10H2,1-2H3,(H,14,15). The van der Waals surface area contributed by atoms with Gasteiger partial charge in [-0.3, -0.25) is 9.69 Å². The minimum atomic E-state index is -0.640. The maximum Gasteiger partial charge on any atom is 0.324 e. The van der Waals surface area contributed by atoms with Gasteiger partial charge in [0.25, 0.3) is 0 Å². The Kier molecular flexibility index (Phi) is 5.62. The molecule has 0 aromatic carbocycles. The molecule has 1 atom stereocenters. The highest BCUT2D eigenvalue weighted by molar-refractivity contribution is 7.99. The minimum absolute atomic E-state index is 0.601. The number of carboxylic acid groups (broad SMARTS) is 1. The number of nitrogens with zero attached hydrogens (tertiary/aromatic N) is 1. The number of unbranched alkanes of at least 4 members (excludes halogenated alkanes) is 2. The molecule has 3 nitrogen and oxygen atoms in total. The Morgan fingerprint density at radius 1 is 1.50 bits per heavy atom. The fraction of sp³-hybridized carbons (Fsp3) is 0.917. The molecule has 1 rings (SSSR count). The van der Waals surface area contributed by atoms with Crippen molar-refractivity contribution in [1.82, 2.24) is 4.90 Å². The zero-order chi connectivity index (χ0) is 12.0. The van der Waals surface area contributed by atoms with E-state index in [-0.39, 0.29) is 0 Å². The number of hydrogen-bond donors (Lipinski definition) is 1. The van der Waals surface area contributed by atoms with Crippen molar-refractivity contribution in [2.75, 3.05) is 25.1 Å². The van der Waals surface area contributed by atoms with Crippen molar-refractivity contribution >= 4 is 17.7 Å². The van der Waals surface area contributed by atoms with Gasteiger partial charge in [0.2, 0.25) is 0 Å². The van der Waals surface area contributed by atoms with E-state index in [1.807, 2.05) is 7.05 Å². The van der Waals surface area contributed by atoms with E-state index >= 15 is 0 Å². The number of carbonyl (C=O) groups is 1. The molecule has 1 fully saturated rings. The van der Waals surface area contributed by atoms with Gasteiger partial charge < -0.3 is 5.11 Å². The van der Waals surface area contributed by atoms with Crippen LogP contribution in [0.2, 0.25) is 0 Å². The summed E-state index contributed by atoms with van der Waals surface area (Å²) < 4.78 is 0. The van der Waals surface area contributed by atoms with Crippen molar-refractivity contribution in [1.29, 1.82) is 0 Å². The van der Waals surface area contributed by atoms with Crippen LogP contribution in [-0.2, 0) is 4.79 Å². The van der Waals surface area contributed by atoms with Crippen molar-refractivity contribution < 1.29 is 9.90 Å². The average Bonchev–Trinajstić information content (AvgIpc) is 2.30. The molecule has 1 N–H and O–H groups in total. The Bertz CT molecular complexity index is 227. The molecule has 0 radical (unpaired) electrons. The van der Waals surface area contributed by atoms with E-state index in [0.29, 0.717) is 0 Å². The molecular formula is C12H23NO2S. The smallest absolute Gasteiger partial charge is 0.324 e. The zero-order valence-corrected chi connectivity index (χ0v) is 11.2. The van der Waals surface area contributed by atoms with Gasteiger partial charge in [-0.2, -0.15) is 11.8 Å². The second kappa shape index (κ2) is 6.50. The maximum atomic E-state index is 11.5. The highest BCUT2D eigenvalue weighted by atomic mass is 32.2. The van der Waals surface area contributed by atoms with Gasteiger partial charge in [-0.05, 0) is 38.6 Å². The highest BCUT2D eigenvalue weighted by Gasteiger charge is 2.43. The lowest BCUT2D eigenvalue weighted by Crippen LogP contribution is -2.56. The molecular weight excluding hydrogens is 222 g/mol. The SMILES string of the molecule is CCCCCN(C)C1(C(=O)O)CCCSC1. The van der Waals surface area contributed by atoms with E-state index in [4.69, 9.17) is 0 Å². The van der Waals surface area contributed by atoms with E-state index in [1.54, 1.807) is 11.8 Å². The number of aliphatic carboxylic acids is 1. The van der Waals surface area contributed by atoms with Gasteiger partial charge in [0, 0.05) is 5.75 Å². The number of likely N-dealkylation sites (N-methyl/N-ethyl adjacent to an activating group) is 1. The Hall–Kier alpha value is -0.220. The first-order valence-electron chi connectivity index (χ1n) is 6.16. The summed E-state index contributed by atoms with van der Waals surface area (Å²) in [5, 5.41) is 9.46. The van der Waals surface area contributed by atoms with Gasteiger partial charge in [-0.15, -0.1) is 0 Å². The summed E-state index contributed by atoms with van der Waals surface area (Å²) in [6.07, 6.45) is 5.30. The summed E-state index contributed by atoms with van der Waals surface area (Å²) in [7, 11) is 1.97. The number of hydrogen-bond acceptors (Lipinski definition) is 3. The van der Waals surface area contributed by atoms with Gasteiger partial charge >= 0.3 is 5.97 Å². The largest absolute Gasteiger partial charge is 0.480 e. The molecule has 16 heavy (non-hydrogen) atoms. The fourth-order valence-corrected chi connectivity index (χ4v) is 3.54. The lowest BCUT2D eigenvalue weighted by Gasteiger charge is -2.40. The third-order valence-corrected chi connectivity index (χ3v) is 4.70. The van der Waals surface area contributed by atoms with Crippen LogP contribution in [-0.4, -0.2) is 46.6 Å². The van der Waals surface area contributed by atoms with Gasteiger partial charge in [0.15, 0.2) is 0 Å². The summed E-state index contributed by atoms with van der Waals surface area (Å²) >= 11 is 1.78. The van der Waals surface area contributed by atoms with Gasteiger partial charge in [-0.25, -0.2) is 0 Å². The van der Waals surface area contributed by atoms with Crippen LogP contribution >= 0.6 is 11.8 Å². The van der Waals surface area contributed by atoms with Crippen molar-refractivity contribution in [2.45, 2.75) is 44.6 Å². The molecule has 1 aliphatic heterocycles. The van der Waals surface area contributed by atoms with E-state index in [0.717, 1.165) is 37.3 Å².